The molecule has 0 saturated carbocycles. The molecule has 2 fully saturated rings. The zero-order chi connectivity index (χ0) is 18.0. The van der Waals surface area contributed by atoms with Crippen molar-refractivity contribution >= 4 is 12.2 Å². The second kappa shape index (κ2) is 6.92. The van der Waals surface area contributed by atoms with E-state index < -0.39 is 17.8 Å². The van der Waals surface area contributed by atoms with Crippen LogP contribution < -0.4 is 5.32 Å². The highest BCUT2D eigenvalue weighted by Gasteiger charge is 2.52. The van der Waals surface area contributed by atoms with Crippen LogP contribution in [0.25, 0.3) is 0 Å². The van der Waals surface area contributed by atoms with E-state index >= 15 is 0 Å². The second-order valence-electron chi connectivity index (χ2n) is 7.34. The van der Waals surface area contributed by atoms with E-state index in [-0.39, 0.29) is 24.9 Å². The van der Waals surface area contributed by atoms with Crippen LogP contribution >= 0.6 is 0 Å². The molecular weight excluding hydrogens is 324 g/mol. The molecule has 1 N–H and O–H groups in total. The summed E-state index contributed by atoms with van der Waals surface area (Å²) in [5.74, 6) is 0. The largest absolute Gasteiger partial charge is 0.445 e. The van der Waals surface area contributed by atoms with Crippen molar-refractivity contribution < 1.29 is 23.8 Å². The Hall–Kier alpha value is -2.28. The molecule has 0 aromatic heterocycles. The number of piperidine rings is 1. The van der Waals surface area contributed by atoms with Crippen molar-refractivity contribution in [2.45, 2.75) is 51.2 Å². The SMILES string of the molecule is CC(C)(C)OC(=O)N1C[C@H](NC(=O)OCc2ccccc2)[C@@H]2O[C@@H]2C1. The van der Waals surface area contributed by atoms with Crippen molar-refractivity contribution in [1.29, 1.82) is 0 Å². The van der Waals surface area contributed by atoms with Crippen molar-refractivity contribution in [1.82, 2.24) is 10.2 Å². The molecule has 1 aromatic carbocycles. The Balaban J connectivity index is 1.50. The number of epoxide rings is 1. The molecule has 136 valence electrons. The average molecular weight is 348 g/mol. The number of amides is 2. The number of benzene rings is 1. The molecule has 1 aromatic rings. The molecule has 3 atom stereocenters. The molecule has 3 rings (SSSR count). The van der Waals surface area contributed by atoms with E-state index in [1.54, 1.807) is 4.90 Å². The first kappa shape index (κ1) is 17.5. The van der Waals surface area contributed by atoms with Gasteiger partial charge in [0.15, 0.2) is 0 Å². The lowest BCUT2D eigenvalue weighted by Crippen LogP contribution is -2.54. The van der Waals surface area contributed by atoms with Gasteiger partial charge < -0.3 is 24.4 Å². The molecule has 0 spiro atoms. The monoisotopic (exact) mass is 348 g/mol. The summed E-state index contributed by atoms with van der Waals surface area (Å²) < 4.78 is 16.2. The fraction of sp³-hybridized carbons (Fsp3) is 0.556. The van der Waals surface area contributed by atoms with Crippen LogP contribution in [0.2, 0.25) is 0 Å². The molecule has 0 aliphatic carbocycles. The Morgan fingerprint density at radius 3 is 2.64 bits per heavy atom. The molecule has 0 unspecified atom stereocenters. The van der Waals surface area contributed by atoms with E-state index in [4.69, 9.17) is 14.2 Å². The minimum atomic E-state index is -0.560. The van der Waals surface area contributed by atoms with Crippen molar-refractivity contribution in [3.63, 3.8) is 0 Å². The number of rotatable bonds is 3. The maximum Gasteiger partial charge on any atom is 0.410 e. The standard InChI is InChI=1S/C18H24N2O5/c1-18(2,3)25-17(22)20-9-13(15-14(10-20)24-15)19-16(21)23-11-12-7-5-4-6-8-12/h4-8,13-15H,9-11H2,1-3H3,(H,19,21)/t13-,14+,15-/m0/s1. The minimum Gasteiger partial charge on any atom is -0.445 e. The van der Waals surface area contributed by atoms with Crippen LogP contribution in [0.1, 0.15) is 26.3 Å². The molecule has 2 heterocycles. The van der Waals surface area contributed by atoms with Crippen LogP contribution in [0.3, 0.4) is 0 Å². The number of likely N-dealkylation sites (tertiary alicyclic amines) is 1. The van der Waals surface area contributed by atoms with E-state index in [0.717, 1.165) is 5.56 Å². The van der Waals surface area contributed by atoms with Crippen LogP contribution in [0.15, 0.2) is 30.3 Å². The molecule has 7 nitrogen and oxygen atoms in total. The summed E-state index contributed by atoms with van der Waals surface area (Å²) in [4.78, 5) is 25.8. The highest BCUT2D eigenvalue weighted by molar-refractivity contribution is 5.70. The van der Waals surface area contributed by atoms with Gasteiger partial charge in [0.05, 0.1) is 12.6 Å². The number of carbonyl (C=O) groups excluding carboxylic acids is 2. The Bertz CT molecular complexity index is 628. The van der Waals surface area contributed by atoms with Crippen molar-refractivity contribution in [3.05, 3.63) is 35.9 Å². The molecule has 2 aliphatic rings. The number of hydrogen-bond acceptors (Lipinski definition) is 5. The van der Waals surface area contributed by atoms with Crippen LogP contribution in [0, 0.1) is 0 Å². The summed E-state index contributed by atoms with van der Waals surface area (Å²) in [7, 11) is 0. The summed E-state index contributed by atoms with van der Waals surface area (Å²) in [6.07, 6.45) is -1.04. The van der Waals surface area contributed by atoms with Crippen molar-refractivity contribution in [3.8, 4) is 0 Å². The third-order valence-corrected chi connectivity index (χ3v) is 4.00. The topological polar surface area (TPSA) is 80.4 Å². The normalized spacial score (nSPS) is 24.9. The van der Waals surface area contributed by atoms with E-state index in [1.807, 2.05) is 51.1 Å². The number of ether oxygens (including phenoxy) is 3. The fourth-order valence-electron chi connectivity index (χ4n) is 2.81. The maximum atomic E-state index is 12.2. The molecule has 7 heteroatoms. The molecule has 2 aliphatic heterocycles. The number of carbonyl (C=O) groups is 2. The van der Waals surface area contributed by atoms with Crippen LogP contribution in [-0.2, 0) is 20.8 Å². The Labute approximate surface area is 147 Å². The predicted octanol–water partition coefficient (Wildman–Crippen LogP) is 2.30. The zero-order valence-corrected chi connectivity index (χ0v) is 14.7. The Morgan fingerprint density at radius 1 is 1.24 bits per heavy atom. The van der Waals surface area contributed by atoms with Gasteiger partial charge in [-0.15, -0.1) is 0 Å². The summed E-state index contributed by atoms with van der Waals surface area (Å²) in [5.41, 5.74) is 0.354. The van der Waals surface area contributed by atoms with Gasteiger partial charge in [-0.25, -0.2) is 9.59 Å². The van der Waals surface area contributed by atoms with Crippen LogP contribution in [0.4, 0.5) is 9.59 Å². The zero-order valence-electron chi connectivity index (χ0n) is 14.7. The van der Waals surface area contributed by atoms with Crippen LogP contribution in [-0.4, -0.2) is 54.0 Å². The van der Waals surface area contributed by atoms with Gasteiger partial charge >= 0.3 is 12.2 Å². The highest BCUT2D eigenvalue weighted by Crippen LogP contribution is 2.32. The van der Waals surface area contributed by atoms with E-state index in [1.165, 1.54) is 0 Å². The van der Waals surface area contributed by atoms with Gasteiger partial charge in [0, 0.05) is 6.54 Å². The Kier molecular flexibility index (Phi) is 4.85. The lowest BCUT2D eigenvalue weighted by atomic mass is 10.1. The third kappa shape index (κ3) is 4.85. The van der Waals surface area contributed by atoms with Gasteiger partial charge in [-0.2, -0.15) is 0 Å². The molecular formula is C18H24N2O5. The molecule has 2 amide bonds. The number of nitrogens with one attached hydrogen (secondary N) is 1. The number of hydrogen-bond donors (Lipinski definition) is 1. The van der Waals surface area contributed by atoms with Gasteiger partial charge in [-0.3, -0.25) is 0 Å². The van der Waals surface area contributed by atoms with Gasteiger partial charge in [-0.1, -0.05) is 30.3 Å². The summed E-state index contributed by atoms with van der Waals surface area (Å²) in [6.45, 7) is 6.49. The fourth-order valence-corrected chi connectivity index (χ4v) is 2.81. The predicted molar refractivity (Wildman–Crippen MR) is 90.0 cm³/mol. The maximum absolute atomic E-state index is 12.2. The van der Waals surface area contributed by atoms with Gasteiger partial charge in [0.1, 0.15) is 24.4 Å². The molecule has 0 radical (unpaired) electrons. The van der Waals surface area contributed by atoms with Crippen molar-refractivity contribution in [2.24, 2.45) is 0 Å². The quantitative estimate of drug-likeness (QED) is 0.848. The van der Waals surface area contributed by atoms with E-state index in [2.05, 4.69) is 5.32 Å². The van der Waals surface area contributed by atoms with Gasteiger partial charge in [-0.05, 0) is 26.3 Å². The van der Waals surface area contributed by atoms with Gasteiger partial charge in [0.25, 0.3) is 0 Å². The Morgan fingerprint density at radius 2 is 1.96 bits per heavy atom. The van der Waals surface area contributed by atoms with E-state index in [0.29, 0.717) is 13.1 Å². The minimum absolute atomic E-state index is 0.0549. The molecule has 25 heavy (non-hydrogen) atoms. The summed E-state index contributed by atoms with van der Waals surface area (Å²) in [5, 5.41) is 2.79. The molecule has 0 bridgehead atoms. The third-order valence-electron chi connectivity index (χ3n) is 4.00. The first-order chi connectivity index (χ1) is 11.8. The van der Waals surface area contributed by atoms with Crippen molar-refractivity contribution in [2.75, 3.05) is 13.1 Å². The number of alkyl carbamates (subject to hydrolysis) is 1. The second-order valence-corrected chi connectivity index (χ2v) is 7.34. The lowest BCUT2D eigenvalue weighted by Gasteiger charge is -2.32. The lowest BCUT2D eigenvalue weighted by molar-refractivity contribution is 0.0205. The smallest absolute Gasteiger partial charge is 0.410 e. The van der Waals surface area contributed by atoms with Gasteiger partial charge in [0.2, 0.25) is 0 Å². The van der Waals surface area contributed by atoms with E-state index in [9.17, 15) is 9.59 Å². The number of nitrogens with zero attached hydrogens (tertiary/aromatic N) is 1. The number of fused-ring (bicyclic) bond motifs is 1. The highest BCUT2D eigenvalue weighted by atomic mass is 16.6. The molecule has 2 saturated heterocycles. The first-order valence-electron chi connectivity index (χ1n) is 8.42. The average Bonchev–Trinajstić information content (AvgIpc) is 3.32. The first-order valence-corrected chi connectivity index (χ1v) is 8.42. The summed E-state index contributed by atoms with van der Waals surface area (Å²) >= 11 is 0. The summed E-state index contributed by atoms with van der Waals surface area (Å²) in [6, 6.07) is 9.16. The van der Waals surface area contributed by atoms with Crippen LogP contribution in [0.5, 0.6) is 0 Å².